The van der Waals surface area contributed by atoms with E-state index in [-0.39, 0.29) is 23.4 Å². The summed E-state index contributed by atoms with van der Waals surface area (Å²) in [6.45, 7) is 0. The first-order chi connectivity index (χ1) is 9.20. The summed E-state index contributed by atoms with van der Waals surface area (Å²) in [4.78, 5) is 24.0. The van der Waals surface area contributed by atoms with E-state index in [0.29, 0.717) is 24.2 Å². The van der Waals surface area contributed by atoms with Crippen LogP contribution in [0, 0.1) is 17.8 Å². The summed E-state index contributed by atoms with van der Waals surface area (Å²) in [7, 11) is 0. The fourth-order valence-corrected chi connectivity index (χ4v) is 4.70. The van der Waals surface area contributed by atoms with Crippen molar-refractivity contribution in [3.05, 3.63) is 0 Å². The Morgan fingerprint density at radius 1 is 1.16 bits per heavy atom. The van der Waals surface area contributed by atoms with E-state index in [1.54, 1.807) is 0 Å². The molecule has 0 aromatic rings. The molecule has 1 aliphatic heterocycles. The maximum absolute atomic E-state index is 12.4. The molecule has 3 saturated carbocycles. The van der Waals surface area contributed by atoms with Crippen molar-refractivity contribution in [1.82, 2.24) is 10.6 Å². The van der Waals surface area contributed by atoms with Crippen LogP contribution in [-0.2, 0) is 9.59 Å². The average molecular weight is 262 g/mol. The molecule has 0 aromatic carbocycles. The standard InChI is InChI=1S/C15H22N2O2/c18-12-6-5-11(15(17-12)7-2-8-15)16-14(19)13-9-3-1-4-10(9)13/h9-11,13H,1-8H2,(H,16,19)(H,17,18). The van der Waals surface area contributed by atoms with Gasteiger partial charge in [0.25, 0.3) is 0 Å². The topological polar surface area (TPSA) is 58.2 Å². The first-order valence-corrected chi connectivity index (χ1v) is 7.81. The van der Waals surface area contributed by atoms with Gasteiger partial charge in [0.1, 0.15) is 0 Å². The van der Waals surface area contributed by atoms with Crippen molar-refractivity contribution in [1.29, 1.82) is 0 Å². The van der Waals surface area contributed by atoms with Crippen molar-refractivity contribution in [2.45, 2.75) is 62.9 Å². The van der Waals surface area contributed by atoms with Gasteiger partial charge >= 0.3 is 0 Å². The third-order valence-corrected chi connectivity index (χ3v) is 5.99. The molecular formula is C15H22N2O2. The molecule has 0 bridgehead atoms. The number of piperidine rings is 1. The minimum absolute atomic E-state index is 0.102. The monoisotopic (exact) mass is 262 g/mol. The van der Waals surface area contributed by atoms with E-state index in [9.17, 15) is 9.59 Å². The zero-order chi connectivity index (χ0) is 13.0. The second-order valence-electron chi connectivity index (χ2n) is 6.94. The molecule has 0 aromatic heterocycles. The van der Waals surface area contributed by atoms with Gasteiger partial charge in [-0.3, -0.25) is 9.59 Å². The molecule has 4 heteroatoms. The summed E-state index contributed by atoms with van der Waals surface area (Å²) in [5.74, 6) is 2.07. The SMILES string of the molecule is O=C1CCC(NC(=O)C2C3CCCC32)C2(CCC2)N1. The average Bonchev–Trinajstić information content (AvgIpc) is 2.83. The number of amides is 2. The summed E-state index contributed by atoms with van der Waals surface area (Å²) in [6, 6.07) is 0.174. The van der Waals surface area contributed by atoms with Gasteiger partial charge in [0.15, 0.2) is 0 Å². The predicted molar refractivity (Wildman–Crippen MR) is 70.2 cm³/mol. The Morgan fingerprint density at radius 2 is 1.89 bits per heavy atom. The second-order valence-corrected chi connectivity index (χ2v) is 6.94. The molecule has 3 unspecified atom stereocenters. The van der Waals surface area contributed by atoms with Crippen LogP contribution in [0.3, 0.4) is 0 Å². The Hall–Kier alpha value is -1.06. The number of hydrogen-bond donors (Lipinski definition) is 2. The second kappa shape index (κ2) is 3.97. The van der Waals surface area contributed by atoms with E-state index >= 15 is 0 Å². The molecule has 1 heterocycles. The molecule has 104 valence electrons. The Labute approximate surface area is 113 Å². The zero-order valence-electron chi connectivity index (χ0n) is 11.3. The molecule has 2 amide bonds. The van der Waals surface area contributed by atoms with Gasteiger partial charge in [-0.15, -0.1) is 0 Å². The lowest BCUT2D eigenvalue weighted by Gasteiger charge is -2.51. The highest BCUT2D eigenvalue weighted by Crippen LogP contribution is 2.57. The highest BCUT2D eigenvalue weighted by atomic mass is 16.2. The van der Waals surface area contributed by atoms with Gasteiger partial charge in [0.2, 0.25) is 11.8 Å². The summed E-state index contributed by atoms with van der Waals surface area (Å²) in [5.41, 5.74) is -0.102. The first kappa shape index (κ1) is 11.7. The summed E-state index contributed by atoms with van der Waals surface area (Å²) < 4.78 is 0. The number of carbonyl (C=O) groups excluding carboxylic acids is 2. The van der Waals surface area contributed by atoms with Gasteiger partial charge in [0.05, 0.1) is 11.6 Å². The number of fused-ring (bicyclic) bond motifs is 1. The molecule has 3 atom stereocenters. The first-order valence-electron chi connectivity index (χ1n) is 7.81. The molecule has 4 aliphatic rings. The van der Waals surface area contributed by atoms with E-state index in [2.05, 4.69) is 10.6 Å². The fourth-order valence-electron chi connectivity index (χ4n) is 4.70. The van der Waals surface area contributed by atoms with Crippen molar-refractivity contribution in [3.63, 3.8) is 0 Å². The van der Waals surface area contributed by atoms with Crippen molar-refractivity contribution in [2.24, 2.45) is 17.8 Å². The molecular weight excluding hydrogens is 240 g/mol. The molecule has 3 aliphatic carbocycles. The third kappa shape index (κ3) is 1.72. The number of rotatable bonds is 2. The quantitative estimate of drug-likeness (QED) is 0.789. The van der Waals surface area contributed by atoms with Gasteiger partial charge in [0, 0.05) is 12.3 Å². The van der Waals surface area contributed by atoms with E-state index in [4.69, 9.17) is 0 Å². The lowest BCUT2D eigenvalue weighted by molar-refractivity contribution is -0.132. The molecule has 1 saturated heterocycles. The predicted octanol–water partition coefficient (Wildman–Crippen LogP) is 1.35. The van der Waals surface area contributed by atoms with Crippen LogP contribution in [0.5, 0.6) is 0 Å². The molecule has 4 fully saturated rings. The van der Waals surface area contributed by atoms with Crippen LogP contribution in [0.2, 0.25) is 0 Å². The Balaban J connectivity index is 1.41. The Kier molecular flexibility index (Phi) is 2.45. The van der Waals surface area contributed by atoms with Gasteiger partial charge in [-0.25, -0.2) is 0 Å². The zero-order valence-corrected chi connectivity index (χ0v) is 11.3. The third-order valence-electron chi connectivity index (χ3n) is 5.99. The highest BCUT2D eigenvalue weighted by Gasteiger charge is 2.57. The van der Waals surface area contributed by atoms with E-state index in [0.717, 1.165) is 19.3 Å². The van der Waals surface area contributed by atoms with Crippen LogP contribution >= 0.6 is 0 Å². The van der Waals surface area contributed by atoms with Crippen LogP contribution < -0.4 is 10.6 Å². The molecule has 1 spiro atoms. The molecule has 19 heavy (non-hydrogen) atoms. The maximum atomic E-state index is 12.4. The molecule has 2 N–H and O–H groups in total. The van der Waals surface area contributed by atoms with Crippen LogP contribution in [0.1, 0.15) is 51.4 Å². The van der Waals surface area contributed by atoms with Crippen molar-refractivity contribution in [2.75, 3.05) is 0 Å². The smallest absolute Gasteiger partial charge is 0.223 e. The van der Waals surface area contributed by atoms with Crippen LogP contribution in [-0.4, -0.2) is 23.4 Å². The highest BCUT2D eigenvalue weighted by molar-refractivity contribution is 5.84. The van der Waals surface area contributed by atoms with Gasteiger partial charge in [-0.2, -0.15) is 0 Å². The van der Waals surface area contributed by atoms with Crippen molar-refractivity contribution < 1.29 is 9.59 Å². The summed E-state index contributed by atoms with van der Waals surface area (Å²) in [5, 5.41) is 6.41. The van der Waals surface area contributed by atoms with Crippen molar-refractivity contribution in [3.8, 4) is 0 Å². The molecule has 4 rings (SSSR count). The van der Waals surface area contributed by atoms with Crippen LogP contribution in [0.25, 0.3) is 0 Å². The largest absolute Gasteiger partial charge is 0.351 e. The summed E-state index contributed by atoms with van der Waals surface area (Å²) in [6.07, 6.45) is 8.40. The lowest BCUT2D eigenvalue weighted by atomic mass is 9.68. The number of nitrogens with one attached hydrogen (secondary N) is 2. The van der Waals surface area contributed by atoms with E-state index in [1.807, 2.05) is 0 Å². The Morgan fingerprint density at radius 3 is 2.53 bits per heavy atom. The van der Waals surface area contributed by atoms with Crippen LogP contribution in [0.15, 0.2) is 0 Å². The lowest BCUT2D eigenvalue weighted by Crippen LogP contribution is -2.68. The normalized spacial score (nSPS) is 42.2. The van der Waals surface area contributed by atoms with Gasteiger partial charge in [-0.1, -0.05) is 6.42 Å². The van der Waals surface area contributed by atoms with Crippen LogP contribution in [0.4, 0.5) is 0 Å². The van der Waals surface area contributed by atoms with E-state index < -0.39 is 0 Å². The fraction of sp³-hybridized carbons (Fsp3) is 0.867. The number of carbonyl (C=O) groups is 2. The Bertz CT molecular complexity index is 420. The number of hydrogen-bond acceptors (Lipinski definition) is 2. The molecule has 4 nitrogen and oxygen atoms in total. The summed E-state index contributed by atoms with van der Waals surface area (Å²) >= 11 is 0. The molecule has 0 radical (unpaired) electrons. The van der Waals surface area contributed by atoms with Crippen molar-refractivity contribution >= 4 is 11.8 Å². The van der Waals surface area contributed by atoms with E-state index in [1.165, 1.54) is 25.7 Å². The minimum atomic E-state index is -0.102. The maximum Gasteiger partial charge on any atom is 0.223 e. The van der Waals surface area contributed by atoms with Gasteiger partial charge in [-0.05, 0) is 50.4 Å². The van der Waals surface area contributed by atoms with Gasteiger partial charge < -0.3 is 10.6 Å². The minimum Gasteiger partial charge on any atom is -0.351 e.